The second-order valence-electron chi connectivity index (χ2n) is 31.0. The number of aliphatic imine (C=N–C) groups is 1. The van der Waals surface area contributed by atoms with Gasteiger partial charge in [-0.1, -0.05) is 33.7 Å². The summed E-state index contributed by atoms with van der Waals surface area (Å²) in [6.45, 7) is 5.81. The van der Waals surface area contributed by atoms with E-state index in [1.165, 1.54) is 80.1 Å². The number of ether oxygens (including phenoxy) is 4. The van der Waals surface area contributed by atoms with E-state index in [1.54, 1.807) is 69.4 Å². The third kappa shape index (κ3) is 19.8. The van der Waals surface area contributed by atoms with Gasteiger partial charge in [-0.3, -0.25) is 49.0 Å². The molecule has 4 atom stereocenters. The number of amides is 11. The lowest BCUT2D eigenvalue weighted by atomic mass is 10.0. The van der Waals surface area contributed by atoms with Gasteiger partial charge in [-0.15, -0.1) is 0 Å². The average molecular weight is 1760 g/mol. The summed E-state index contributed by atoms with van der Waals surface area (Å²) in [7, 11) is 0. The molecule has 8 saturated heterocycles. The smallest absolute Gasteiger partial charge is 0.414 e. The first-order chi connectivity index (χ1) is 62.7. The summed E-state index contributed by atoms with van der Waals surface area (Å²) in [4.78, 5) is 129. The third-order valence-electron chi connectivity index (χ3n) is 22.7. The minimum absolute atomic E-state index is 0.0196. The van der Waals surface area contributed by atoms with Crippen molar-refractivity contribution in [3.8, 4) is 44.5 Å². The van der Waals surface area contributed by atoms with E-state index >= 15 is 0 Å². The van der Waals surface area contributed by atoms with Crippen molar-refractivity contribution in [2.45, 2.75) is 88.6 Å². The zero-order valence-electron chi connectivity index (χ0n) is 68.9. The number of urea groups is 3. The van der Waals surface area contributed by atoms with Crippen LogP contribution in [0.1, 0.15) is 62.0 Å². The lowest BCUT2D eigenvalue weighted by molar-refractivity contribution is -0.117. The Morgan fingerprint density at radius 1 is 0.357 bits per heavy atom. The van der Waals surface area contributed by atoms with Crippen molar-refractivity contribution in [2.75, 3.05) is 118 Å². The van der Waals surface area contributed by atoms with Gasteiger partial charge in [0.25, 0.3) is 0 Å². The van der Waals surface area contributed by atoms with Crippen LogP contribution >= 0.6 is 0 Å². The number of anilines is 8. The van der Waals surface area contributed by atoms with Gasteiger partial charge < -0.3 is 48.5 Å². The summed E-state index contributed by atoms with van der Waals surface area (Å²) in [5, 5.41) is 19.7. The second-order valence-corrected chi connectivity index (χ2v) is 31.0. The lowest BCUT2D eigenvalue weighted by Gasteiger charge is -2.16. The maximum Gasteiger partial charge on any atom is 0.414 e. The first-order valence-corrected chi connectivity index (χ1v) is 41.7. The van der Waals surface area contributed by atoms with E-state index in [4.69, 9.17) is 32.5 Å². The van der Waals surface area contributed by atoms with Crippen molar-refractivity contribution < 1.29 is 92.8 Å². The number of pyridine rings is 4. The van der Waals surface area contributed by atoms with Crippen molar-refractivity contribution in [1.29, 1.82) is 0 Å². The predicted molar refractivity (Wildman–Crippen MR) is 458 cm³/mol. The minimum atomic E-state index is -0.823. The second kappa shape index (κ2) is 38.6. The Bertz CT molecular complexity index is 5960. The molecule has 8 fully saturated rings. The van der Waals surface area contributed by atoms with Crippen LogP contribution in [0.4, 0.5) is 102 Å². The SMILES string of the molecule is O=C1O[C@@H](CCC2=NCC=C2)CN1c1cc(F)c(-c2ccc(N3CCNC3=O)nc2)c(F)c1.O=C1O[C@@H](CCc2ccon2)CN1c1cc(F)c(-c2ccc(N3CCCC3=O)nc2)c(F)c1.O=C1O[C@@H](CCc2ccon2)CN1c1ccc(-c2ccc(N3CCNC3=O)nc2)c(F)c1.O=C1O[C@@H](CCc2ccon2)CN1c1ccc(-c2ccc(N3CCNC3=O)nc2)cc1. The van der Waals surface area contributed by atoms with Crippen LogP contribution < -0.4 is 55.1 Å². The molecule has 16 heterocycles. The van der Waals surface area contributed by atoms with Crippen molar-refractivity contribution in [1.82, 2.24) is 51.4 Å². The Balaban J connectivity index is 0.000000121. The minimum Gasteiger partial charge on any atom is -0.444 e. The largest absolute Gasteiger partial charge is 0.444 e. The number of hydrogen-bond donors (Lipinski definition) is 3. The van der Waals surface area contributed by atoms with E-state index in [2.05, 4.69) is 56.3 Å². The van der Waals surface area contributed by atoms with E-state index < -0.39 is 53.5 Å². The molecule has 3 N–H and O–H groups in total. The fraction of sp³-hybridized carbons (Fsp3) is 0.289. The van der Waals surface area contributed by atoms with Crippen LogP contribution in [-0.2, 0) is 43.0 Å². The molecule has 0 spiro atoms. The topological polar surface area (TPSA) is 378 Å². The van der Waals surface area contributed by atoms with Gasteiger partial charge in [-0.05, 0) is 173 Å². The van der Waals surface area contributed by atoms with E-state index in [-0.39, 0.29) is 95.1 Å². The number of rotatable bonds is 24. The molecule has 20 rings (SSSR count). The number of allylic oxidation sites excluding steroid dienone is 1. The van der Waals surface area contributed by atoms with E-state index in [1.807, 2.05) is 54.6 Å². The maximum absolute atomic E-state index is 14.9. The molecule has 0 unspecified atom stereocenters. The summed E-state index contributed by atoms with van der Waals surface area (Å²) in [5.41, 5.74) is 7.53. The summed E-state index contributed by atoms with van der Waals surface area (Å²) < 4.78 is 111. The first kappa shape index (κ1) is 85.7. The Kier molecular flexibility index (Phi) is 25.6. The van der Waals surface area contributed by atoms with Crippen LogP contribution in [0.5, 0.6) is 0 Å². The fourth-order valence-electron chi connectivity index (χ4n) is 15.9. The van der Waals surface area contributed by atoms with Crippen LogP contribution in [0.2, 0.25) is 0 Å². The summed E-state index contributed by atoms with van der Waals surface area (Å²) >= 11 is 0. The van der Waals surface area contributed by atoms with Crippen molar-refractivity contribution >= 4 is 100 Å². The van der Waals surface area contributed by atoms with Crippen molar-refractivity contribution in [3.63, 3.8) is 0 Å². The lowest BCUT2D eigenvalue weighted by Crippen LogP contribution is -2.28. The normalized spacial score (nSPS) is 18.7. The molecule has 11 amide bonds. The van der Waals surface area contributed by atoms with Crippen LogP contribution in [-0.4, -0.2) is 192 Å². The number of aryl methyl sites for hydroxylation is 3. The number of benzene rings is 4. The van der Waals surface area contributed by atoms with Crippen LogP contribution in [0.15, 0.2) is 208 Å². The number of carbonyl (C=O) groups is 8. The molecule has 129 heavy (non-hydrogen) atoms. The number of nitrogens with one attached hydrogen (secondary N) is 3. The van der Waals surface area contributed by atoms with Gasteiger partial charge in [-0.2, -0.15) is 0 Å². The van der Waals surface area contributed by atoms with Gasteiger partial charge in [0.1, 0.15) is 95.6 Å². The molecular formula is C90H82F5N19O15. The molecule has 9 aliphatic heterocycles. The third-order valence-corrected chi connectivity index (χ3v) is 22.7. The molecule has 0 saturated carbocycles. The van der Waals surface area contributed by atoms with Gasteiger partial charge in [0.05, 0.1) is 78.0 Å². The van der Waals surface area contributed by atoms with Gasteiger partial charge in [-0.25, -0.2) is 75.4 Å². The van der Waals surface area contributed by atoms with Gasteiger partial charge in [0, 0.05) is 134 Å². The number of nitrogens with zero attached hydrogens (tertiary/aromatic N) is 16. The quantitative estimate of drug-likeness (QED) is 0.0373. The van der Waals surface area contributed by atoms with Crippen molar-refractivity contribution in [3.05, 3.63) is 235 Å². The highest BCUT2D eigenvalue weighted by atomic mass is 19.1. The van der Waals surface area contributed by atoms with E-state index in [9.17, 15) is 60.3 Å². The Morgan fingerprint density at radius 3 is 1.07 bits per heavy atom. The Labute approximate surface area is 732 Å². The average Bonchev–Trinajstić information content (AvgIpc) is 0.978. The zero-order valence-corrected chi connectivity index (χ0v) is 68.9. The summed E-state index contributed by atoms with van der Waals surface area (Å²) in [6.07, 6.45) is 17.1. The first-order valence-electron chi connectivity index (χ1n) is 41.7. The molecule has 0 radical (unpaired) electrons. The highest BCUT2D eigenvalue weighted by Crippen LogP contribution is 2.38. The highest BCUT2D eigenvalue weighted by Gasteiger charge is 2.39. The zero-order chi connectivity index (χ0) is 89.2. The molecule has 39 heteroatoms. The van der Waals surface area contributed by atoms with E-state index in [0.717, 1.165) is 70.3 Å². The fourth-order valence-corrected chi connectivity index (χ4v) is 15.9. The monoisotopic (exact) mass is 1760 g/mol. The Hall–Kier alpha value is -15.5. The highest BCUT2D eigenvalue weighted by molar-refractivity contribution is 5.99. The summed E-state index contributed by atoms with van der Waals surface area (Å²) in [6, 6.07) is 34.8. The molecule has 34 nitrogen and oxygen atoms in total. The maximum atomic E-state index is 14.9. The molecule has 7 aromatic heterocycles. The van der Waals surface area contributed by atoms with Gasteiger partial charge in [0.2, 0.25) is 5.91 Å². The molecule has 9 aliphatic rings. The predicted octanol–water partition coefficient (Wildman–Crippen LogP) is 14.4. The summed E-state index contributed by atoms with van der Waals surface area (Å²) in [5.74, 6) is -1.79. The van der Waals surface area contributed by atoms with Crippen LogP contribution in [0.3, 0.4) is 0 Å². The van der Waals surface area contributed by atoms with Crippen LogP contribution in [0.25, 0.3) is 44.5 Å². The number of aromatic nitrogens is 7. The number of hydrogen-bond acceptors (Lipinski definition) is 23. The van der Waals surface area contributed by atoms with Gasteiger partial charge >= 0.3 is 42.5 Å². The number of cyclic esters (lactones) is 4. The Morgan fingerprint density at radius 2 is 0.721 bits per heavy atom. The standard InChI is InChI=1S/C23H21F2N5O3.C23H20F2N4O4.C22H20FN5O4.C22H21N5O4/c24-18-10-16(30-13-17(33-23(30)32)5-4-15-2-1-7-26-15)11-19(25)21(18)14-3-6-20(28-12-14)29-9-8-27-22(29)31;24-18-10-16(29-13-17(33-23(29)31)5-4-15-7-9-32-27-15)11-19(25)22(18)14-3-6-20(26-12-14)28-8-1-2-21(28)30;23-19-11-16(28-13-17(32-22(28)30)4-2-15-7-10-31-26-15)3-5-18(19)14-1-6-20(25-12-14)27-9-8-24-21(27)29;28-21-23-10-11-26(21)20-8-3-16(13-24-20)15-1-5-18(6-2-15)27-14-19(31-22(27)29)7-4-17-9-12-30-25-17/h1-3,6,10-12,17H,4-5,7-9,13H2,(H,27,31);3,6-7,9-12,17H,1-2,4-5,8,13H2;1,3,5-7,10-12,17H,2,4,8-9,13H2,(H,24,29);1-3,5-6,8-9,12-13,19H,4,7,10-11,14H2,(H,23,28)/t3*17-;19-/m0000/s1. The molecule has 11 aromatic rings. The molecule has 662 valence electrons. The molecular weight excluding hydrogens is 1680 g/mol. The molecule has 0 bridgehead atoms. The molecule has 0 aliphatic carbocycles. The van der Waals surface area contributed by atoms with Gasteiger partial charge in [0.15, 0.2) is 0 Å². The van der Waals surface area contributed by atoms with Crippen molar-refractivity contribution in [2.24, 2.45) is 4.99 Å². The number of carbonyl (C=O) groups excluding carboxylic acids is 8. The van der Waals surface area contributed by atoms with Crippen LogP contribution in [0, 0.1) is 29.1 Å². The number of halogens is 5. The molecule has 4 aromatic carbocycles. The van der Waals surface area contributed by atoms with E-state index in [0.29, 0.717) is 163 Å².